The highest BCUT2D eigenvalue weighted by atomic mass is 35.5. The number of hydrogen-bond acceptors (Lipinski definition) is 1. The molecule has 0 unspecified atom stereocenters. The van der Waals surface area contributed by atoms with Gasteiger partial charge in [0.2, 0.25) is 0 Å². The first-order valence-corrected chi connectivity index (χ1v) is 6.01. The maximum Gasteiger partial charge on any atom is 0.251 e. The van der Waals surface area contributed by atoms with Crippen molar-refractivity contribution in [1.29, 1.82) is 0 Å². The van der Waals surface area contributed by atoms with Gasteiger partial charge in [-0.05, 0) is 37.5 Å². The van der Waals surface area contributed by atoms with E-state index in [2.05, 4.69) is 11.2 Å². The Morgan fingerprint density at radius 1 is 1.47 bits per heavy atom. The van der Waals surface area contributed by atoms with Crippen LogP contribution in [-0.4, -0.2) is 12.5 Å². The number of nitrogens with one attached hydrogen (secondary N) is 1. The number of halogens is 1. The fourth-order valence-corrected chi connectivity index (χ4v) is 1.68. The number of carbonyl (C=O) groups is 1. The molecule has 0 spiro atoms. The summed E-state index contributed by atoms with van der Waals surface area (Å²) < 4.78 is 0. The van der Waals surface area contributed by atoms with Crippen LogP contribution in [0.15, 0.2) is 18.2 Å². The molecule has 0 aliphatic carbocycles. The van der Waals surface area contributed by atoms with Crippen molar-refractivity contribution in [3.05, 3.63) is 34.3 Å². The van der Waals surface area contributed by atoms with Gasteiger partial charge in [-0.2, -0.15) is 0 Å². The van der Waals surface area contributed by atoms with E-state index in [0.717, 1.165) is 24.8 Å². The highest BCUT2D eigenvalue weighted by Gasteiger charge is 2.09. The second-order valence-electron chi connectivity index (χ2n) is 3.83. The molecular formula is C14H16ClNO. The quantitative estimate of drug-likeness (QED) is 0.630. The Labute approximate surface area is 107 Å². The molecule has 0 aliphatic rings. The van der Waals surface area contributed by atoms with Crippen molar-refractivity contribution in [1.82, 2.24) is 5.32 Å². The Morgan fingerprint density at radius 3 is 2.94 bits per heavy atom. The molecule has 90 valence electrons. The van der Waals surface area contributed by atoms with Crippen LogP contribution in [0.5, 0.6) is 0 Å². The van der Waals surface area contributed by atoms with Crippen molar-refractivity contribution in [3.63, 3.8) is 0 Å². The van der Waals surface area contributed by atoms with E-state index < -0.39 is 0 Å². The Kier molecular flexibility index (Phi) is 5.59. The molecule has 0 aromatic heterocycles. The summed E-state index contributed by atoms with van der Waals surface area (Å²) in [5, 5.41) is 3.48. The lowest BCUT2D eigenvalue weighted by Gasteiger charge is -2.08. The molecule has 0 aliphatic heterocycles. The topological polar surface area (TPSA) is 29.1 Å². The average Bonchev–Trinajstić information content (AvgIpc) is 2.32. The molecule has 1 amide bonds. The van der Waals surface area contributed by atoms with Crippen molar-refractivity contribution in [3.8, 4) is 12.3 Å². The third-order valence-electron chi connectivity index (χ3n) is 2.55. The van der Waals surface area contributed by atoms with Crippen LogP contribution in [-0.2, 0) is 0 Å². The number of amides is 1. The highest BCUT2D eigenvalue weighted by Crippen LogP contribution is 2.18. The van der Waals surface area contributed by atoms with Crippen LogP contribution < -0.4 is 5.32 Å². The highest BCUT2D eigenvalue weighted by molar-refractivity contribution is 6.31. The maximum atomic E-state index is 11.8. The molecule has 3 heteroatoms. The van der Waals surface area contributed by atoms with E-state index in [1.54, 1.807) is 18.2 Å². The SMILES string of the molecule is C#CCCCCNC(=O)c1cccc(Cl)c1C. The Bertz CT molecular complexity index is 434. The van der Waals surface area contributed by atoms with Crippen LogP contribution in [0.2, 0.25) is 5.02 Å². The van der Waals surface area contributed by atoms with Crippen molar-refractivity contribution in [2.24, 2.45) is 0 Å². The minimum absolute atomic E-state index is 0.0780. The monoisotopic (exact) mass is 249 g/mol. The van der Waals surface area contributed by atoms with Gasteiger partial charge in [0.25, 0.3) is 5.91 Å². The summed E-state index contributed by atoms with van der Waals surface area (Å²) in [6.07, 6.45) is 7.74. The molecular weight excluding hydrogens is 234 g/mol. The number of hydrogen-bond donors (Lipinski definition) is 1. The molecule has 0 bridgehead atoms. The molecule has 0 fully saturated rings. The van der Waals surface area contributed by atoms with E-state index in [1.807, 2.05) is 6.92 Å². The van der Waals surface area contributed by atoms with E-state index in [1.165, 1.54) is 0 Å². The normalized spacial score (nSPS) is 9.71. The zero-order valence-corrected chi connectivity index (χ0v) is 10.7. The van der Waals surface area contributed by atoms with Gasteiger partial charge in [-0.3, -0.25) is 4.79 Å². The van der Waals surface area contributed by atoms with Crippen LogP contribution in [0.3, 0.4) is 0 Å². The number of rotatable bonds is 5. The summed E-state index contributed by atoms with van der Waals surface area (Å²) in [5.74, 6) is 2.50. The van der Waals surface area contributed by atoms with Gasteiger partial charge in [-0.25, -0.2) is 0 Å². The fourth-order valence-electron chi connectivity index (χ4n) is 1.50. The van der Waals surface area contributed by atoms with Crippen LogP contribution in [0.25, 0.3) is 0 Å². The Morgan fingerprint density at radius 2 is 2.24 bits per heavy atom. The van der Waals surface area contributed by atoms with Gasteiger partial charge in [0.05, 0.1) is 0 Å². The lowest BCUT2D eigenvalue weighted by molar-refractivity contribution is 0.0952. The first-order chi connectivity index (χ1) is 8.16. The van der Waals surface area contributed by atoms with E-state index in [0.29, 0.717) is 17.1 Å². The molecule has 1 N–H and O–H groups in total. The standard InChI is InChI=1S/C14H16ClNO/c1-3-4-5-6-10-16-14(17)12-8-7-9-13(15)11(12)2/h1,7-9H,4-6,10H2,2H3,(H,16,17). The smallest absolute Gasteiger partial charge is 0.251 e. The minimum Gasteiger partial charge on any atom is -0.352 e. The van der Waals surface area contributed by atoms with Crippen LogP contribution in [0.1, 0.15) is 35.2 Å². The summed E-state index contributed by atoms with van der Waals surface area (Å²) in [6.45, 7) is 2.49. The zero-order chi connectivity index (χ0) is 12.7. The Hall–Kier alpha value is -1.46. The van der Waals surface area contributed by atoms with Crippen molar-refractivity contribution < 1.29 is 4.79 Å². The number of carbonyl (C=O) groups excluding carboxylic acids is 1. The molecule has 2 nitrogen and oxygen atoms in total. The van der Waals surface area contributed by atoms with Gasteiger partial charge in [-0.15, -0.1) is 12.3 Å². The summed E-state index contributed by atoms with van der Waals surface area (Å²) in [6, 6.07) is 5.33. The molecule has 0 heterocycles. The third kappa shape index (κ3) is 4.13. The van der Waals surface area contributed by atoms with Gasteiger partial charge < -0.3 is 5.32 Å². The molecule has 0 atom stereocenters. The minimum atomic E-state index is -0.0780. The van der Waals surface area contributed by atoms with Crippen LogP contribution in [0.4, 0.5) is 0 Å². The molecule has 0 saturated carbocycles. The first-order valence-electron chi connectivity index (χ1n) is 5.63. The van der Waals surface area contributed by atoms with Gasteiger partial charge >= 0.3 is 0 Å². The molecule has 1 aromatic rings. The predicted molar refractivity (Wildman–Crippen MR) is 71.2 cm³/mol. The summed E-state index contributed by atoms with van der Waals surface area (Å²) >= 11 is 5.96. The second kappa shape index (κ2) is 6.98. The van der Waals surface area contributed by atoms with Gasteiger partial charge in [0, 0.05) is 23.6 Å². The number of benzene rings is 1. The average molecular weight is 250 g/mol. The van der Waals surface area contributed by atoms with Crippen LogP contribution in [0, 0.1) is 19.3 Å². The van der Waals surface area contributed by atoms with E-state index in [4.69, 9.17) is 18.0 Å². The largest absolute Gasteiger partial charge is 0.352 e. The van der Waals surface area contributed by atoms with Crippen molar-refractivity contribution >= 4 is 17.5 Å². The van der Waals surface area contributed by atoms with Gasteiger partial charge in [-0.1, -0.05) is 17.7 Å². The summed E-state index contributed by atoms with van der Waals surface area (Å²) in [4.78, 5) is 11.8. The number of unbranched alkanes of at least 4 members (excludes halogenated alkanes) is 2. The third-order valence-corrected chi connectivity index (χ3v) is 2.96. The lowest BCUT2D eigenvalue weighted by atomic mass is 10.1. The second-order valence-corrected chi connectivity index (χ2v) is 4.24. The van der Waals surface area contributed by atoms with E-state index in [-0.39, 0.29) is 5.91 Å². The fraction of sp³-hybridized carbons (Fsp3) is 0.357. The zero-order valence-electron chi connectivity index (χ0n) is 9.92. The van der Waals surface area contributed by atoms with E-state index >= 15 is 0 Å². The molecule has 1 rings (SSSR count). The Balaban J connectivity index is 2.48. The van der Waals surface area contributed by atoms with Crippen molar-refractivity contribution in [2.75, 3.05) is 6.54 Å². The summed E-state index contributed by atoms with van der Waals surface area (Å²) in [7, 11) is 0. The molecule has 0 saturated heterocycles. The van der Waals surface area contributed by atoms with E-state index in [9.17, 15) is 4.79 Å². The van der Waals surface area contributed by atoms with Crippen molar-refractivity contribution in [2.45, 2.75) is 26.2 Å². The lowest BCUT2D eigenvalue weighted by Crippen LogP contribution is -2.25. The predicted octanol–water partition coefficient (Wildman–Crippen LogP) is 3.18. The van der Waals surface area contributed by atoms with Crippen LogP contribution >= 0.6 is 11.6 Å². The molecule has 0 radical (unpaired) electrons. The first kappa shape index (κ1) is 13.6. The summed E-state index contributed by atoms with van der Waals surface area (Å²) in [5.41, 5.74) is 1.45. The number of terminal acetylenes is 1. The van der Waals surface area contributed by atoms with Gasteiger partial charge in [0.1, 0.15) is 0 Å². The molecule has 17 heavy (non-hydrogen) atoms. The maximum absolute atomic E-state index is 11.8. The van der Waals surface area contributed by atoms with Gasteiger partial charge in [0.15, 0.2) is 0 Å². The molecule has 1 aromatic carbocycles.